The van der Waals surface area contributed by atoms with Crippen LogP contribution in [0.4, 0.5) is 0 Å². The highest BCUT2D eigenvalue weighted by Gasteiger charge is 2.35. The van der Waals surface area contributed by atoms with Gasteiger partial charge in [0, 0.05) is 12.3 Å². The van der Waals surface area contributed by atoms with Gasteiger partial charge in [0.25, 0.3) is 0 Å². The third kappa shape index (κ3) is 1.60. The van der Waals surface area contributed by atoms with Gasteiger partial charge in [-0.3, -0.25) is 14.9 Å². The van der Waals surface area contributed by atoms with Crippen molar-refractivity contribution in [2.75, 3.05) is 0 Å². The van der Waals surface area contributed by atoms with Gasteiger partial charge in [-0.15, -0.1) is 0 Å². The third-order valence-electron chi connectivity index (χ3n) is 3.44. The van der Waals surface area contributed by atoms with E-state index in [2.05, 4.69) is 5.32 Å². The average Bonchev–Trinajstić information content (AvgIpc) is 2.50. The summed E-state index contributed by atoms with van der Waals surface area (Å²) < 4.78 is 0. The van der Waals surface area contributed by atoms with Gasteiger partial charge in [0.1, 0.15) is 0 Å². The molecule has 2 rings (SSSR count). The summed E-state index contributed by atoms with van der Waals surface area (Å²) in [6.45, 7) is 1.93. The highest BCUT2D eigenvalue weighted by atomic mass is 16.2. The molecule has 0 aromatic carbocycles. The molecule has 0 radical (unpaired) electrons. The molecule has 1 N–H and O–H groups in total. The van der Waals surface area contributed by atoms with E-state index in [0.29, 0.717) is 18.3 Å². The van der Waals surface area contributed by atoms with Crippen molar-refractivity contribution in [1.82, 2.24) is 5.32 Å². The van der Waals surface area contributed by atoms with E-state index in [1.807, 2.05) is 6.92 Å². The summed E-state index contributed by atoms with van der Waals surface area (Å²) in [6, 6.07) is 0. The third-order valence-corrected chi connectivity index (χ3v) is 3.44. The van der Waals surface area contributed by atoms with Gasteiger partial charge in [-0.2, -0.15) is 0 Å². The number of hydrogen-bond acceptors (Lipinski definition) is 2. The number of carbonyl (C=O) groups is 2. The monoisotopic (exact) mass is 181 g/mol. The normalized spacial score (nSPS) is 39.6. The molecule has 0 aromatic heterocycles. The van der Waals surface area contributed by atoms with Crippen LogP contribution in [0.2, 0.25) is 0 Å². The highest BCUT2D eigenvalue weighted by Crippen LogP contribution is 2.38. The summed E-state index contributed by atoms with van der Waals surface area (Å²) in [4.78, 5) is 22.7. The molecule has 0 aromatic rings. The molecule has 13 heavy (non-hydrogen) atoms. The SMILES string of the molecule is C[C@H]1C(=O)NC(=O)C[C@H]2CC[C@H]1C2. The Morgan fingerprint density at radius 3 is 2.85 bits per heavy atom. The minimum Gasteiger partial charge on any atom is -0.296 e. The topological polar surface area (TPSA) is 46.2 Å². The summed E-state index contributed by atoms with van der Waals surface area (Å²) >= 11 is 0. The first-order valence-corrected chi connectivity index (χ1v) is 5.00. The maximum atomic E-state index is 11.4. The molecule has 2 bridgehead atoms. The first kappa shape index (κ1) is 8.73. The van der Waals surface area contributed by atoms with Gasteiger partial charge in [-0.1, -0.05) is 6.92 Å². The number of nitrogens with one attached hydrogen (secondary N) is 1. The Balaban J connectivity index is 2.16. The van der Waals surface area contributed by atoms with E-state index < -0.39 is 0 Å². The van der Waals surface area contributed by atoms with Crippen molar-refractivity contribution in [1.29, 1.82) is 0 Å². The molecule has 0 unspecified atom stereocenters. The molecule has 1 aliphatic carbocycles. The number of amides is 2. The van der Waals surface area contributed by atoms with Gasteiger partial charge in [0.15, 0.2) is 0 Å². The fourth-order valence-corrected chi connectivity index (χ4v) is 2.53. The van der Waals surface area contributed by atoms with Gasteiger partial charge in [0.05, 0.1) is 0 Å². The predicted octanol–water partition coefficient (Wildman–Crippen LogP) is 1.09. The van der Waals surface area contributed by atoms with E-state index in [4.69, 9.17) is 0 Å². The van der Waals surface area contributed by atoms with Crippen LogP contribution in [0.15, 0.2) is 0 Å². The Bertz CT molecular complexity index is 249. The Morgan fingerprint density at radius 2 is 2.08 bits per heavy atom. The standard InChI is InChI=1S/C10H15NO2/c1-6-8-3-2-7(4-8)5-9(12)11-10(6)13/h6-8H,2-5H2,1H3,(H,11,12,13)/t6-,7+,8+/m1/s1. The van der Waals surface area contributed by atoms with Crippen LogP contribution in [-0.2, 0) is 9.59 Å². The smallest absolute Gasteiger partial charge is 0.229 e. The van der Waals surface area contributed by atoms with Crippen LogP contribution in [-0.4, -0.2) is 11.8 Å². The zero-order valence-electron chi connectivity index (χ0n) is 7.88. The lowest BCUT2D eigenvalue weighted by Crippen LogP contribution is -2.39. The first-order valence-electron chi connectivity index (χ1n) is 5.00. The van der Waals surface area contributed by atoms with E-state index in [0.717, 1.165) is 19.3 Å². The Hall–Kier alpha value is -0.860. The number of carbonyl (C=O) groups excluding carboxylic acids is 2. The van der Waals surface area contributed by atoms with Gasteiger partial charge in [0.2, 0.25) is 11.8 Å². The minimum absolute atomic E-state index is 0.0225. The van der Waals surface area contributed by atoms with E-state index in [1.165, 1.54) is 0 Å². The van der Waals surface area contributed by atoms with Crippen molar-refractivity contribution in [3.8, 4) is 0 Å². The van der Waals surface area contributed by atoms with Crippen molar-refractivity contribution >= 4 is 11.8 Å². The second-order valence-corrected chi connectivity index (χ2v) is 4.34. The Morgan fingerprint density at radius 1 is 1.31 bits per heavy atom. The van der Waals surface area contributed by atoms with Gasteiger partial charge < -0.3 is 0 Å². The van der Waals surface area contributed by atoms with E-state index in [-0.39, 0.29) is 17.7 Å². The van der Waals surface area contributed by atoms with Crippen LogP contribution < -0.4 is 5.32 Å². The Labute approximate surface area is 77.9 Å². The van der Waals surface area contributed by atoms with Gasteiger partial charge >= 0.3 is 0 Å². The zero-order chi connectivity index (χ0) is 9.42. The molecule has 3 heteroatoms. The fraction of sp³-hybridized carbons (Fsp3) is 0.800. The first-order chi connectivity index (χ1) is 6.16. The van der Waals surface area contributed by atoms with E-state index in [1.54, 1.807) is 0 Å². The summed E-state index contributed by atoms with van der Waals surface area (Å²) in [5, 5.41) is 2.45. The zero-order valence-corrected chi connectivity index (χ0v) is 7.88. The highest BCUT2D eigenvalue weighted by molar-refractivity contribution is 5.96. The van der Waals surface area contributed by atoms with Gasteiger partial charge in [-0.05, 0) is 31.1 Å². The molecule has 1 heterocycles. The maximum Gasteiger partial charge on any atom is 0.229 e. The lowest BCUT2D eigenvalue weighted by atomic mass is 9.89. The van der Waals surface area contributed by atoms with Crippen LogP contribution >= 0.6 is 0 Å². The summed E-state index contributed by atoms with van der Waals surface area (Å²) in [6.07, 6.45) is 3.86. The molecule has 1 aliphatic heterocycles. The maximum absolute atomic E-state index is 11.4. The van der Waals surface area contributed by atoms with Gasteiger partial charge in [-0.25, -0.2) is 0 Å². The minimum atomic E-state index is -0.0813. The van der Waals surface area contributed by atoms with Crippen molar-refractivity contribution in [2.24, 2.45) is 17.8 Å². The number of rotatable bonds is 0. The second kappa shape index (κ2) is 3.13. The summed E-state index contributed by atoms with van der Waals surface area (Å²) in [5.74, 6) is 0.908. The quantitative estimate of drug-likeness (QED) is 0.568. The molecule has 0 spiro atoms. The van der Waals surface area contributed by atoms with Crippen LogP contribution in [0.1, 0.15) is 32.6 Å². The van der Waals surface area contributed by atoms with Crippen molar-refractivity contribution in [3.63, 3.8) is 0 Å². The largest absolute Gasteiger partial charge is 0.296 e. The molecule has 2 aliphatic rings. The lowest BCUT2D eigenvalue weighted by Gasteiger charge is -2.21. The molecule has 72 valence electrons. The lowest BCUT2D eigenvalue weighted by molar-refractivity contribution is -0.134. The van der Waals surface area contributed by atoms with Crippen molar-refractivity contribution < 1.29 is 9.59 Å². The van der Waals surface area contributed by atoms with E-state index in [9.17, 15) is 9.59 Å². The molecule has 2 amide bonds. The fourth-order valence-electron chi connectivity index (χ4n) is 2.53. The Kier molecular flexibility index (Phi) is 2.10. The summed E-state index contributed by atoms with van der Waals surface area (Å²) in [5.41, 5.74) is 0. The molecule has 3 nitrogen and oxygen atoms in total. The van der Waals surface area contributed by atoms with Crippen LogP contribution in [0, 0.1) is 17.8 Å². The molecule has 1 saturated carbocycles. The molecular formula is C10H15NO2. The average molecular weight is 181 g/mol. The predicted molar refractivity (Wildman–Crippen MR) is 47.8 cm³/mol. The summed E-state index contributed by atoms with van der Waals surface area (Å²) in [7, 11) is 0. The second-order valence-electron chi connectivity index (χ2n) is 4.34. The molecule has 1 saturated heterocycles. The van der Waals surface area contributed by atoms with Crippen LogP contribution in [0.5, 0.6) is 0 Å². The van der Waals surface area contributed by atoms with Crippen molar-refractivity contribution in [2.45, 2.75) is 32.6 Å². The van der Waals surface area contributed by atoms with Crippen LogP contribution in [0.3, 0.4) is 0 Å². The molecule has 2 fully saturated rings. The van der Waals surface area contributed by atoms with Crippen LogP contribution in [0.25, 0.3) is 0 Å². The number of fused-ring (bicyclic) bond motifs is 2. The van der Waals surface area contributed by atoms with Crippen molar-refractivity contribution in [3.05, 3.63) is 0 Å². The number of hydrogen-bond donors (Lipinski definition) is 1. The number of imide groups is 1. The molecule has 3 atom stereocenters. The van der Waals surface area contributed by atoms with E-state index >= 15 is 0 Å². The molecular weight excluding hydrogens is 166 g/mol.